The molecule has 3 heteroatoms. The van der Waals surface area contributed by atoms with Crippen molar-refractivity contribution in [1.29, 1.82) is 0 Å². The second-order valence-electron chi connectivity index (χ2n) is 5.79. The Morgan fingerprint density at radius 2 is 1.31 bits per heavy atom. The van der Waals surface area contributed by atoms with E-state index in [1.54, 1.807) is 0 Å². The van der Waals surface area contributed by atoms with Gasteiger partial charge in [0.15, 0.2) is 0 Å². The Hall–Kier alpha value is -0.210. The smallest absolute Gasteiger partial charge is 0.171 e. The summed E-state index contributed by atoms with van der Waals surface area (Å²) in [6, 6.07) is 0. The standard InChI is InChI=1S/C10H9F3/c11-10(12,13)1-9-6-3-2-4(6)8(9)5(2)7(3)9/h2-8H,1H2. The molecule has 0 saturated heterocycles. The van der Waals surface area contributed by atoms with E-state index in [0.29, 0.717) is 17.8 Å². The molecule has 0 heterocycles. The number of alkyl halides is 3. The van der Waals surface area contributed by atoms with Gasteiger partial charge in [-0.05, 0) is 46.8 Å². The Labute approximate surface area is 73.5 Å². The first-order chi connectivity index (χ1) is 6.07. The Balaban J connectivity index is 1.53. The van der Waals surface area contributed by atoms with Crippen LogP contribution in [-0.2, 0) is 0 Å². The Morgan fingerprint density at radius 1 is 0.846 bits per heavy atom. The van der Waals surface area contributed by atoms with Crippen molar-refractivity contribution in [3.63, 3.8) is 0 Å². The van der Waals surface area contributed by atoms with E-state index in [2.05, 4.69) is 0 Å². The third-order valence-electron chi connectivity index (χ3n) is 6.19. The second kappa shape index (κ2) is 1.20. The van der Waals surface area contributed by atoms with Crippen LogP contribution in [0.25, 0.3) is 0 Å². The molecule has 6 aliphatic carbocycles. The van der Waals surface area contributed by atoms with E-state index in [1.165, 1.54) is 0 Å². The van der Waals surface area contributed by atoms with Crippen LogP contribution >= 0.6 is 0 Å². The van der Waals surface area contributed by atoms with Crippen molar-refractivity contribution in [2.24, 2.45) is 46.8 Å². The molecule has 0 bridgehead atoms. The predicted molar refractivity (Wildman–Crippen MR) is 37.5 cm³/mol. The molecule has 0 aliphatic heterocycles. The zero-order chi connectivity index (χ0) is 8.75. The maximum absolute atomic E-state index is 12.3. The summed E-state index contributed by atoms with van der Waals surface area (Å²) in [5, 5.41) is 0. The van der Waals surface area contributed by atoms with E-state index in [1.807, 2.05) is 0 Å². The average Bonchev–Trinajstić information content (AvgIpc) is 2.02. The van der Waals surface area contributed by atoms with E-state index >= 15 is 0 Å². The molecule has 0 unspecified atom stereocenters. The van der Waals surface area contributed by atoms with Crippen molar-refractivity contribution in [2.45, 2.75) is 12.6 Å². The van der Waals surface area contributed by atoms with Crippen LogP contribution in [-0.4, -0.2) is 6.18 Å². The van der Waals surface area contributed by atoms with Gasteiger partial charge >= 0.3 is 6.18 Å². The first kappa shape index (κ1) is 6.31. The maximum Gasteiger partial charge on any atom is 0.389 e. The van der Waals surface area contributed by atoms with Crippen molar-refractivity contribution >= 4 is 0 Å². The van der Waals surface area contributed by atoms with Crippen LogP contribution in [0.4, 0.5) is 13.2 Å². The third kappa shape index (κ3) is 0.316. The largest absolute Gasteiger partial charge is 0.389 e. The lowest BCUT2D eigenvalue weighted by Gasteiger charge is -3.08. The molecule has 0 aromatic rings. The first-order valence-electron chi connectivity index (χ1n) is 5.14. The average molecular weight is 186 g/mol. The molecule has 0 aromatic carbocycles. The van der Waals surface area contributed by atoms with Crippen LogP contribution < -0.4 is 0 Å². The van der Waals surface area contributed by atoms with Gasteiger partial charge in [-0.25, -0.2) is 0 Å². The van der Waals surface area contributed by atoms with E-state index < -0.39 is 12.6 Å². The lowest BCUT2D eigenvalue weighted by molar-refractivity contribution is -0.621. The number of hydrogen-bond donors (Lipinski definition) is 0. The van der Waals surface area contributed by atoms with E-state index in [-0.39, 0.29) is 5.41 Å². The van der Waals surface area contributed by atoms with Gasteiger partial charge in [0.1, 0.15) is 0 Å². The lowest BCUT2D eigenvalue weighted by atomic mass is 8.96. The fourth-order valence-corrected chi connectivity index (χ4v) is 6.37. The highest BCUT2D eigenvalue weighted by Gasteiger charge is 3.04. The van der Waals surface area contributed by atoms with Crippen LogP contribution in [0.1, 0.15) is 6.42 Å². The van der Waals surface area contributed by atoms with Crippen LogP contribution in [0.15, 0.2) is 0 Å². The molecule has 0 amide bonds. The fourth-order valence-electron chi connectivity index (χ4n) is 6.37. The summed E-state index contributed by atoms with van der Waals surface area (Å²) >= 11 is 0. The van der Waals surface area contributed by atoms with Crippen molar-refractivity contribution in [3.8, 4) is 0 Å². The summed E-state index contributed by atoms with van der Waals surface area (Å²) in [6.45, 7) is 0. The molecular weight excluding hydrogens is 177 g/mol. The van der Waals surface area contributed by atoms with Gasteiger partial charge < -0.3 is 0 Å². The van der Waals surface area contributed by atoms with Crippen molar-refractivity contribution < 1.29 is 13.2 Å². The summed E-state index contributed by atoms with van der Waals surface area (Å²) in [5.41, 5.74) is -0.174. The second-order valence-corrected chi connectivity index (χ2v) is 5.79. The summed E-state index contributed by atoms with van der Waals surface area (Å²) in [6.07, 6.45) is -4.35. The summed E-state index contributed by atoms with van der Waals surface area (Å²) < 4.78 is 37.0. The predicted octanol–water partition coefficient (Wildman–Crippen LogP) is 2.31. The molecule has 70 valence electrons. The summed E-state index contributed by atoms with van der Waals surface area (Å²) in [7, 11) is 0. The van der Waals surface area contributed by atoms with Crippen molar-refractivity contribution in [3.05, 3.63) is 0 Å². The van der Waals surface area contributed by atoms with Gasteiger partial charge in [-0.2, -0.15) is 13.2 Å². The van der Waals surface area contributed by atoms with Crippen LogP contribution in [0.2, 0.25) is 0 Å². The summed E-state index contributed by atoms with van der Waals surface area (Å²) in [5.74, 6) is 4.89. The minimum atomic E-state index is -3.90. The molecule has 13 heavy (non-hydrogen) atoms. The van der Waals surface area contributed by atoms with E-state index in [0.717, 1.165) is 23.7 Å². The van der Waals surface area contributed by atoms with Gasteiger partial charge in [-0.3, -0.25) is 0 Å². The monoisotopic (exact) mass is 186 g/mol. The van der Waals surface area contributed by atoms with E-state index in [9.17, 15) is 13.2 Å². The van der Waals surface area contributed by atoms with Gasteiger partial charge in [-0.1, -0.05) is 0 Å². The van der Waals surface area contributed by atoms with Crippen molar-refractivity contribution in [1.82, 2.24) is 0 Å². The highest BCUT2D eigenvalue weighted by molar-refractivity contribution is 5.49. The molecule has 0 spiro atoms. The van der Waals surface area contributed by atoms with E-state index in [4.69, 9.17) is 0 Å². The van der Waals surface area contributed by atoms with Gasteiger partial charge in [0.05, 0.1) is 0 Å². The zero-order valence-corrected chi connectivity index (χ0v) is 6.88. The van der Waals surface area contributed by atoms with Crippen molar-refractivity contribution in [2.75, 3.05) is 0 Å². The molecule has 0 atom stereocenters. The topological polar surface area (TPSA) is 0 Å². The SMILES string of the molecule is FC(F)(F)CC12C3C4C5C3C1C5C42. The first-order valence-corrected chi connectivity index (χ1v) is 5.14. The van der Waals surface area contributed by atoms with Gasteiger partial charge in [0.25, 0.3) is 0 Å². The molecule has 0 N–H and O–H groups in total. The molecule has 6 aliphatic rings. The quantitative estimate of drug-likeness (QED) is 0.589. The molecule has 0 radical (unpaired) electrons. The number of halogens is 3. The number of hydrogen-bond acceptors (Lipinski definition) is 0. The molecule has 0 nitrogen and oxygen atoms in total. The highest BCUT2D eigenvalue weighted by atomic mass is 19.4. The third-order valence-corrected chi connectivity index (χ3v) is 6.19. The Bertz CT molecular complexity index is 292. The molecule has 0 aromatic heterocycles. The van der Waals surface area contributed by atoms with Gasteiger partial charge in [-0.15, -0.1) is 0 Å². The van der Waals surface area contributed by atoms with Gasteiger partial charge in [0.2, 0.25) is 0 Å². The summed E-state index contributed by atoms with van der Waals surface area (Å²) in [4.78, 5) is 0. The zero-order valence-electron chi connectivity index (χ0n) is 6.88. The maximum atomic E-state index is 12.3. The fraction of sp³-hybridized carbons (Fsp3) is 1.00. The van der Waals surface area contributed by atoms with Crippen LogP contribution in [0.3, 0.4) is 0 Å². The molecule has 6 saturated carbocycles. The minimum Gasteiger partial charge on any atom is -0.171 e. The Morgan fingerprint density at radius 3 is 1.69 bits per heavy atom. The minimum absolute atomic E-state index is 0.174. The Kier molecular flexibility index (Phi) is 0.583. The normalized spacial score (nSPS) is 78.2. The van der Waals surface area contributed by atoms with Gasteiger partial charge in [0, 0.05) is 6.42 Å². The molecule has 6 fully saturated rings. The number of rotatable bonds is 1. The highest BCUT2D eigenvalue weighted by Crippen LogP contribution is 3.06. The molecule has 6 rings (SSSR count). The van der Waals surface area contributed by atoms with Crippen LogP contribution in [0, 0.1) is 46.8 Å². The molecular formula is C10H9F3. The van der Waals surface area contributed by atoms with Crippen LogP contribution in [0.5, 0.6) is 0 Å². The lowest BCUT2D eigenvalue weighted by Crippen LogP contribution is -3.05.